The number of nitriles is 1. The molecule has 0 heterocycles. The Hall–Kier alpha value is -0.849. The van der Waals surface area contributed by atoms with Gasteiger partial charge in [0.15, 0.2) is 0 Å². The molecule has 0 saturated heterocycles. The van der Waals surface area contributed by atoms with Crippen molar-refractivity contribution >= 4 is 12.4 Å². The molecule has 0 aliphatic heterocycles. The molecule has 0 N–H and O–H groups in total. The Labute approximate surface area is 167 Å². The second-order valence-corrected chi connectivity index (χ2v) is 4.35. The number of ether oxygens (including phenoxy) is 1. The molecule has 0 saturated carbocycles. The summed E-state index contributed by atoms with van der Waals surface area (Å²) in [4.78, 5) is 0. The maximum Gasteiger partial charge on any atom is 1.00 e. The Bertz CT molecular complexity index is 683. The third kappa shape index (κ3) is 5.11. The average molecular weight is 333 g/mol. The van der Waals surface area contributed by atoms with Crippen molar-refractivity contribution in [2.75, 3.05) is 0 Å². The van der Waals surface area contributed by atoms with Crippen LogP contribution in [-0.4, -0.2) is 6.98 Å². The van der Waals surface area contributed by atoms with Crippen LogP contribution in [-0.2, 0) is 6.61 Å². The first kappa shape index (κ1) is 19.2. The molecule has 0 aliphatic carbocycles. The molecule has 0 spiro atoms. The quantitative estimate of drug-likeness (QED) is 0.597. The molecular weight excluding hydrogens is 324 g/mol. The number of halogens is 4. The molecule has 2 aromatic rings. The molecule has 8 heteroatoms. The van der Waals surface area contributed by atoms with E-state index in [2.05, 4.69) is 0 Å². The van der Waals surface area contributed by atoms with Gasteiger partial charge in [0.25, 0.3) is 0 Å². The van der Waals surface area contributed by atoms with Gasteiger partial charge in [0.05, 0.1) is 11.6 Å². The monoisotopic (exact) mass is 333 g/mol. The van der Waals surface area contributed by atoms with Crippen molar-refractivity contribution in [2.45, 2.75) is 6.61 Å². The molecule has 0 atom stereocenters. The molecule has 0 unspecified atom stereocenters. The minimum atomic E-state index is -5.04. The molecule has 0 bridgehead atoms. The van der Waals surface area contributed by atoms with Crippen LogP contribution in [0, 0.1) is 17.1 Å². The summed E-state index contributed by atoms with van der Waals surface area (Å²) < 4.78 is 56.1. The van der Waals surface area contributed by atoms with Crippen LogP contribution in [0.1, 0.15) is 11.1 Å². The van der Waals surface area contributed by atoms with Crippen molar-refractivity contribution in [3.05, 3.63) is 59.4 Å². The predicted octanol–water partition coefficient (Wildman–Crippen LogP) is 0.335. The normalized spacial score (nSPS) is 10.5. The van der Waals surface area contributed by atoms with Gasteiger partial charge in [-0.25, -0.2) is 4.39 Å². The standard InChI is InChI=1S/C14H9BF4NO.K/c16-14-6-1-10(8-20)7-11(14)9-21-13-4-2-12(3-5-13)15(17,18)19;/h1-7H,9H2;/q-1;+1. The Kier molecular flexibility index (Phi) is 7.09. The van der Waals surface area contributed by atoms with Gasteiger partial charge in [-0.3, -0.25) is 0 Å². The third-order valence-corrected chi connectivity index (χ3v) is 2.83. The first-order valence-electron chi connectivity index (χ1n) is 6.01. The summed E-state index contributed by atoms with van der Waals surface area (Å²) >= 11 is 0. The molecule has 2 nitrogen and oxygen atoms in total. The topological polar surface area (TPSA) is 33.0 Å². The van der Waals surface area contributed by atoms with Crippen molar-refractivity contribution in [1.82, 2.24) is 0 Å². The van der Waals surface area contributed by atoms with Crippen LogP contribution in [0.5, 0.6) is 5.75 Å². The molecule has 0 fully saturated rings. The number of benzene rings is 2. The summed E-state index contributed by atoms with van der Waals surface area (Å²) in [5, 5.41) is 8.73. The van der Waals surface area contributed by atoms with Crippen molar-refractivity contribution in [2.24, 2.45) is 0 Å². The molecule has 0 aromatic heterocycles. The summed E-state index contributed by atoms with van der Waals surface area (Å²) in [7, 11) is 0. The van der Waals surface area contributed by atoms with Crippen LogP contribution in [0.15, 0.2) is 42.5 Å². The van der Waals surface area contributed by atoms with Crippen LogP contribution in [0.3, 0.4) is 0 Å². The maximum absolute atomic E-state index is 13.5. The first-order chi connectivity index (χ1) is 9.90. The molecule has 0 radical (unpaired) electrons. The molecule has 0 aliphatic rings. The van der Waals surface area contributed by atoms with Gasteiger partial charge >= 0.3 is 58.4 Å². The molecule has 2 aromatic carbocycles. The number of hydrogen-bond donors (Lipinski definition) is 0. The van der Waals surface area contributed by atoms with E-state index in [4.69, 9.17) is 10.00 Å². The summed E-state index contributed by atoms with van der Waals surface area (Å²) in [6.45, 7) is -5.21. The molecule has 0 amide bonds. The smallest absolute Gasteiger partial charge is 0.489 e. The van der Waals surface area contributed by atoms with Gasteiger partial charge in [-0.2, -0.15) is 5.26 Å². The zero-order valence-electron chi connectivity index (χ0n) is 11.7. The van der Waals surface area contributed by atoms with E-state index < -0.39 is 18.3 Å². The fourth-order valence-corrected chi connectivity index (χ4v) is 1.70. The van der Waals surface area contributed by atoms with E-state index in [0.29, 0.717) is 0 Å². The Morgan fingerprint density at radius 3 is 2.23 bits per heavy atom. The van der Waals surface area contributed by atoms with Crippen molar-refractivity contribution < 1.29 is 73.5 Å². The fraction of sp³-hybridized carbons (Fsp3) is 0.0714. The fourth-order valence-electron chi connectivity index (χ4n) is 1.70. The molecule has 108 valence electrons. The predicted molar refractivity (Wildman–Crippen MR) is 70.6 cm³/mol. The number of rotatable bonds is 4. The summed E-state index contributed by atoms with van der Waals surface area (Å²) in [5.41, 5.74) is -0.275. The minimum absolute atomic E-state index is 0. The van der Waals surface area contributed by atoms with Crippen LogP contribution >= 0.6 is 0 Å². The molecule has 22 heavy (non-hydrogen) atoms. The SMILES string of the molecule is N#Cc1ccc(F)c(COc2ccc([B-](F)(F)F)cc2)c1.[K+]. The average Bonchev–Trinajstić information content (AvgIpc) is 2.46. The second-order valence-electron chi connectivity index (χ2n) is 4.35. The van der Waals surface area contributed by atoms with E-state index in [1.165, 1.54) is 24.3 Å². The van der Waals surface area contributed by atoms with E-state index in [1.54, 1.807) is 0 Å². The maximum atomic E-state index is 13.5. The molecular formula is C14H9BF4KNO. The van der Waals surface area contributed by atoms with Gasteiger partial charge in [-0.05, 0) is 30.3 Å². The Morgan fingerprint density at radius 1 is 1.05 bits per heavy atom. The zero-order chi connectivity index (χ0) is 15.5. The van der Waals surface area contributed by atoms with Crippen LogP contribution < -0.4 is 61.6 Å². The van der Waals surface area contributed by atoms with E-state index in [0.717, 1.165) is 18.2 Å². The Balaban J connectivity index is 0.00000242. The van der Waals surface area contributed by atoms with Gasteiger partial charge in [0.2, 0.25) is 0 Å². The van der Waals surface area contributed by atoms with Gasteiger partial charge in [0, 0.05) is 5.56 Å². The van der Waals surface area contributed by atoms with Gasteiger partial charge < -0.3 is 17.7 Å². The van der Waals surface area contributed by atoms with Crippen molar-refractivity contribution in [3.63, 3.8) is 0 Å². The molecule has 2 rings (SSSR count). The van der Waals surface area contributed by atoms with E-state index >= 15 is 0 Å². The number of hydrogen-bond acceptors (Lipinski definition) is 2. The van der Waals surface area contributed by atoms with Crippen LogP contribution in [0.25, 0.3) is 0 Å². The van der Waals surface area contributed by atoms with E-state index in [1.807, 2.05) is 6.07 Å². The van der Waals surface area contributed by atoms with E-state index in [-0.39, 0.29) is 74.9 Å². The second kappa shape index (κ2) is 8.13. The summed E-state index contributed by atoms with van der Waals surface area (Å²) in [6, 6.07) is 9.87. The minimum Gasteiger partial charge on any atom is -0.489 e. The van der Waals surface area contributed by atoms with Crippen LogP contribution in [0.2, 0.25) is 0 Å². The zero-order valence-corrected chi connectivity index (χ0v) is 14.8. The van der Waals surface area contributed by atoms with Gasteiger partial charge in [0.1, 0.15) is 18.2 Å². The third-order valence-electron chi connectivity index (χ3n) is 2.83. The summed E-state index contributed by atoms with van der Waals surface area (Å²) in [6.07, 6.45) is 0. The largest absolute Gasteiger partial charge is 1.00 e. The first-order valence-corrected chi connectivity index (χ1v) is 6.01. The van der Waals surface area contributed by atoms with Crippen molar-refractivity contribution in [3.8, 4) is 11.8 Å². The van der Waals surface area contributed by atoms with Crippen molar-refractivity contribution in [1.29, 1.82) is 5.26 Å². The Morgan fingerprint density at radius 2 is 1.68 bits per heavy atom. The van der Waals surface area contributed by atoms with Crippen LogP contribution in [0.4, 0.5) is 17.3 Å². The van der Waals surface area contributed by atoms with Gasteiger partial charge in [-0.15, -0.1) is 5.46 Å². The number of nitrogens with zero attached hydrogens (tertiary/aromatic N) is 1. The van der Waals surface area contributed by atoms with E-state index in [9.17, 15) is 17.3 Å². The van der Waals surface area contributed by atoms with Gasteiger partial charge in [-0.1, -0.05) is 12.1 Å². The summed E-state index contributed by atoms with van der Waals surface area (Å²) in [5.74, 6) is -0.343.